The van der Waals surface area contributed by atoms with Crippen LogP contribution >= 0.6 is 0 Å². The fraction of sp³-hybridized carbons (Fsp3) is 0.205. The van der Waals surface area contributed by atoms with E-state index in [-0.39, 0.29) is 44.7 Å². The Balaban J connectivity index is 0.00000665. The molecule has 0 N–H and O–H groups in total. The van der Waals surface area contributed by atoms with Crippen LogP contribution in [0.1, 0.15) is 118 Å². The van der Waals surface area contributed by atoms with Crippen molar-refractivity contribution in [1.29, 1.82) is 0 Å². The molecule has 0 amide bonds. The van der Waals surface area contributed by atoms with E-state index in [2.05, 4.69) is 222 Å². The van der Waals surface area contributed by atoms with Crippen LogP contribution < -0.4 is 4.74 Å². The van der Waals surface area contributed by atoms with Gasteiger partial charge in [0.2, 0.25) is 0 Å². The minimum Gasteiger partial charge on any atom is -0.500 e. The summed E-state index contributed by atoms with van der Waals surface area (Å²) in [7, 11) is 0. The molecule has 408 valence electrons. The molecule has 8 aromatic carbocycles. The Kier molecular flexibility index (Phi) is 14.2. The van der Waals surface area contributed by atoms with E-state index in [1.807, 2.05) is 39.0 Å². The van der Waals surface area contributed by atoms with Crippen molar-refractivity contribution in [3.05, 3.63) is 215 Å². The first-order valence-corrected chi connectivity index (χ1v) is 28.4. The Bertz CT molecular complexity index is 4550. The molecule has 82 heavy (non-hydrogen) atoms. The molecule has 5 heterocycles. The maximum atomic E-state index is 7.29. The third-order valence-electron chi connectivity index (χ3n) is 15.9. The summed E-state index contributed by atoms with van der Waals surface area (Å²) in [5.74, 6) is 3.22. The van der Waals surface area contributed by atoms with Gasteiger partial charge in [0.25, 0.3) is 0 Å². The number of ether oxygens (including phenoxy) is 1. The number of hydrogen-bond donors (Lipinski definition) is 0. The number of imidazole rings is 2. The van der Waals surface area contributed by atoms with E-state index < -0.39 is 0 Å². The first-order chi connectivity index (χ1) is 39.2. The number of hydrogen-bond acceptors (Lipinski definition) is 6. The number of aromatic nitrogens is 6. The number of furan rings is 1. The van der Waals surface area contributed by atoms with Crippen LogP contribution in [-0.2, 0) is 21.1 Å². The van der Waals surface area contributed by atoms with Gasteiger partial charge in [0.05, 0.1) is 50.5 Å². The van der Waals surface area contributed by atoms with E-state index in [1.165, 1.54) is 44.5 Å². The number of para-hydroxylation sites is 4. The normalized spacial score (nSPS) is 11.9. The van der Waals surface area contributed by atoms with Crippen LogP contribution in [0.2, 0.25) is 0 Å². The smallest absolute Gasteiger partial charge is 0.500 e. The van der Waals surface area contributed by atoms with E-state index in [9.17, 15) is 0 Å². The van der Waals surface area contributed by atoms with Gasteiger partial charge in [-0.1, -0.05) is 164 Å². The SMILES string of the molecule is Cc1cc2c(nc(C)c3c4cc(Oc5[c-]c(-c6nc7ccccc7n6-c6c(C(C)C)cc(-c7ccccc7)cc6C(C)C)ccc5)[c-]c(-c5nc6ccccc6n5-c5c(C(C)C)cc(-c6ccccc6)cc5C(C)C)c4oc23)c(C)n1.[Pt+2]. The van der Waals surface area contributed by atoms with Crippen molar-refractivity contribution in [3.8, 4) is 67.9 Å². The van der Waals surface area contributed by atoms with Crippen molar-refractivity contribution in [3.63, 3.8) is 0 Å². The van der Waals surface area contributed by atoms with Gasteiger partial charge >= 0.3 is 21.1 Å². The van der Waals surface area contributed by atoms with Gasteiger partial charge in [-0.2, -0.15) is 0 Å². The van der Waals surface area contributed by atoms with Crippen LogP contribution in [-0.4, -0.2) is 29.1 Å². The first kappa shape index (κ1) is 54.2. The number of pyridine rings is 2. The Hall–Kier alpha value is -8.45. The van der Waals surface area contributed by atoms with Crippen LogP contribution in [0.25, 0.3) is 111 Å². The molecule has 0 saturated carbocycles. The molecule has 0 bridgehead atoms. The van der Waals surface area contributed by atoms with Gasteiger partial charge < -0.3 is 18.3 Å². The van der Waals surface area contributed by atoms with E-state index in [4.69, 9.17) is 29.1 Å². The molecule has 0 saturated heterocycles. The average molecular weight is 1250 g/mol. The number of rotatable bonds is 12. The molecular formula is C73H64N6O2Pt. The number of nitrogens with zero attached hydrogens (tertiary/aromatic N) is 6. The molecule has 0 spiro atoms. The quantitative estimate of drug-likeness (QED) is 0.113. The molecule has 13 rings (SSSR count). The molecule has 0 aliphatic carbocycles. The van der Waals surface area contributed by atoms with Crippen molar-refractivity contribution >= 4 is 54.9 Å². The maximum Gasteiger partial charge on any atom is 2.00 e. The third kappa shape index (κ3) is 9.31. The molecule has 0 atom stereocenters. The molecule has 8 nitrogen and oxygen atoms in total. The minimum absolute atomic E-state index is 0. The summed E-state index contributed by atoms with van der Waals surface area (Å²) in [6.07, 6.45) is 0. The summed E-state index contributed by atoms with van der Waals surface area (Å²) >= 11 is 0. The summed E-state index contributed by atoms with van der Waals surface area (Å²) in [5, 5.41) is 2.65. The van der Waals surface area contributed by atoms with Crippen LogP contribution in [0.5, 0.6) is 11.5 Å². The predicted octanol–water partition coefficient (Wildman–Crippen LogP) is 19.7. The van der Waals surface area contributed by atoms with Gasteiger partial charge in [0.15, 0.2) is 0 Å². The number of benzene rings is 8. The third-order valence-corrected chi connectivity index (χ3v) is 15.9. The standard InChI is InChI=1S/C73H64N6O2.Pt/c1-41(2)55-35-51(48-23-14-12-15-24-48)36-56(42(3)4)68(55)78-64-31-20-18-29-62(64)76-72(78)50-27-22-28-53(34-50)80-54-39-59-66-46(10)75-67-47(11)74-45(9)33-60(67)71(66)81-70(59)61(40-54)73-77-63-30-19-21-32-65(63)79(73)69-57(43(5)6)37-52(38-58(69)44(7)8)49-25-16-13-17-26-49;/h12-33,35-39,41-44H,1-11H3;/q-2;+2. The molecule has 0 aliphatic rings. The summed E-state index contributed by atoms with van der Waals surface area (Å²) in [6.45, 7) is 24.3. The number of aryl methyl sites for hydroxylation is 3. The summed E-state index contributed by atoms with van der Waals surface area (Å²) in [5.41, 5.74) is 21.9. The van der Waals surface area contributed by atoms with Crippen LogP contribution in [0, 0.1) is 32.9 Å². The zero-order chi connectivity index (χ0) is 56.0. The van der Waals surface area contributed by atoms with Gasteiger partial charge in [-0.05, 0) is 149 Å². The van der Waals surface area contributed by atoms with E-state index >= 15 is 0 Å². The van der Waals surface area contributed by atoms with Crippen molar-refractivity contribution in [2.45, 2.75) is 99.8 Å². The van der Waals surface area contributed by atoms with E-state index in [1.54, 1.807) is 0 Å². The Morgan fingerprint density at radius 2 is 0.939 bits per heavy atom. The molecule has 5 aromatic heterocycles. The zero-order valence-corrected chi connectivity index (χ0v) is 50.5. The summed E-state index contributed by atoms with van der Waals surface area (Å²) in [4.78, 5) is 21.0. The minimum atomic E-state index is 0. The second-order valence-electron chi connectivity index (χ2n) is 22.9. The van der Waals surface area contributed by atoms with Crippen molar-refractivity contribution in [2.75, 3.05) is 0 Å². The van der Waals surface area contributed by atoms with Crippen LogP contribution in [0.15, 0.2) is 168 Å². The first-order valence-electron chi connectivity index (χ1n) is 28.4. The van der Waals surface area contributed by atoms with Crippen molar-refractivity contribution < 1.29 is 30.2 Å². The van der Waals surface area contributed by atoms with E-state index in [0.29, 0.717) is 28.5 Å². The Morgan fingerprint density at radius 3 is 1.48 bits per heavy atom. The molecular weight excluding hydrogens is 1190 g/mol. The largest absolute Gasteiger partial charge is 2.00 e. The fourth-order valence-corrected chi connectivity index (χ4v) is 12.1. The van der Waals surface area contributed by atoms with Crippen LogP contribution in [0.3, 0.4) is 0 Å². The fourth-order valence-electron chi connectivity index (χ4n) is 12.1. The Morgan fingerprint density at radius 1 is 0.439 bits per heavy atom. The van der Waals surface area contributed by atoms with Gasteiger partial charge in [-0.15, -0.1) is 23.8 Å². The van der Waals surface area contributed by atoms with Crippen LogP contribution in [0.4, 0.5) is 0 Å². The molecule has 0 aliphatic heterocycles. The Labute approximate surface area is 494 Å². The topological polar surface area (TPSA) is 83.8 Å². The molecule has 9 heteroatoms. The van der Waals surface area contributed by atoms with Gasteiger partial charge in [-0.25, -0.2) is 0 Å². The van der Waals surface area contributed by atoms with E-state index in [0.717, 1.165) is 89.2 Å². The second-order valence-corrected chi connectivity index (χ2v) is 22.9. The molecule has 0 radical (unpaired) electrons. The second kappa shape index (κ2) is 21.5. The van der Waals surface area contributed by atoms with Gasteiger partial charge in [0.1, 0.15) is 5.58 Å². The summed E-state index contributed by atoms with van der Waals surface area (Å²) in [6, 6.07) is 65.4. The van der Waals surface area contributed by atoms with Crippen molar-refractivity contribution in [2.24, 2.45) is 0 Å². The monoisotopic (exact) mass is 1250 g/mol. The average Bonchev–Trinajstić information content (AvgIpc) is 3.65. The predicted molar refractivity (Wildman–Crippen MR) is 333 cm³/mol. The molecule has 0 unspecified atom stereocenters. The van der Waals surface area contributed by atoms with Gasteiger partial charge in [0, 0.05) is 45.0 Å². The van der Waals surface area contributed by atoms with Gasteiger partial charge in [-0.3, -0.25) is 19.9 Å². The summed E-state index contributed by atoms with van der Waals surface area (Å²) < 4.78 is 19.1. The molecule has 13 aromatic rings. The zero-order valence-electron chi connectivity index (χ0n) is 48.2. The van der Waals surface area contributed by atoms with Crippen molar-refractivity contribution in [1.82, 2.24) is 29.1 Å². The molecule has 0 fully saturated rings. The maximum absolute atomic E-state index is 7.29. The number of fused-ring (bicyclic) bond motifs is 7.